The topological polar surface area (TPSA) is 52.6 Å². The summed E-state index contributed by atoms with van der Waals surface area (Å²) in [7, 11) is 0. The zero-order valence-electron chi connectivity index (χ0n) is 10.4. The Hall–Kier alpha value is -0.810. The van der Waals surface area contributed by atoms with Crippen LogP contribution >= 0.6 is 23.2 Å². The number of β-amino-alcohol motifs (C(OH)–C–C–N with tert-alkyl or cyclic N) is 1. The Bertz CT molecular complexity index is 468. The summed E-state index contributed by atoms with van der Waals surface area (Å²) in [6.07, 6.45) is 1.38. The van der Waals surface area contributed by atoms with Gasteiger partial charge in [-0.1, -0.05) is 23.2 Å². The van der Waals surface area contributed by atoms with Crippen molar-refractivity contribution in [2.45, 2.75) is 18.9 Å². The molecule has 0 aromatic heterocycles. The number of benzene rings is 1. The molecule has 2 N–H and O–H groups in total. The number of aliphatic hydroxyl groups excluding tert-OH is 1. The molecule has 0 bridgehead atoms. The molecule has 0 radical (unpaired) electrons. The van der Waals surface area contributed by atoms with Crippen LogP contribution in [0.1, 0.15) is 12.8 Å². The lowest BCUT2D eigenvalue weighted by Crippen LogP contribution is -2.42. The van der Waals surface area contributed by atoms with E-state index in [1.807, 2.05) is 4.90 Å². The fourth-order valence-corrected chi connectivity index (χ4v) is 2.50. The molecule has 1 unspecified atom stereocenters. The number of halogens is 2. The summed E-state index contributed by atoms with van der Waals surface area (Å²) in [5.74, 6) is -0.154. The molecule has 1 aliphatic rings. The summed E-state index contributed by atoms with van der Waals surface area (Å²) < 4.78 is 0. The van der Waals surface area contributed by atoms with E-state index in [4.69, 9.17) is 23.2 Å². The molecule has 0 aliphatic carbocycles. The van der Waals surface area contributed by atoms with Crippen LogP contribution in [0, 0.1) is 0 Å². The fraction of sp³-hybridized carbons (Fsp3) is 0.462. The monoisotopic (exact) mass is 302 g/mol. The molecule has 6 heteroatoms. The summed E-state index contributed by atoms with van der Waals surface area (Å²) in [5, 5.41) is 13.3. The highest BCUT2D eigenvalue weighted by Gasteiger charge is 2.19. The number of carbonyl (C=O) groups excluding carboxylic acids is 1. The van der Waals surface area contributed by atoms with Crippen molar-refractivity contribution in [1.29, 1.82) is 0 Å². The van der Waals surface area contributed by atoms with Crippen molar-refractivity contribution in [2.24, 2.45) is 0 Å². The quantitative estimate of drug-likeness (QED) is 0.901. The predicted molar refractivity (Wildman–Crippen MR) is 76.8 cm³/mol. The van der Waals surface area contributed by atoms with Crippen LogP contribution in [-0.4, -0.2) is 41.7 Å². The number of aliphatic hydroxyl groups is 1. The first-order valence-electron chi connectivity index (χ1n) is 6.20. The van der Waals surface area contributed by atoms with E-state index >= 15 is 0 Å². The number of anilines is 1. The largest absolute Gasteiger partial charge is 0.392 e. The standard InChI is InChI=1S/C13H16Cl2N2O2/c14-9-3-4-11(15)12(6-9)16-13(19)8-17-5-1-2-10(18)7-17/h3-4,6,10,18H,1-2,5,7-8H2,(H,16,19). The highest BCUT2D eigenvalue weighted by molar-refractivity contribution is 6.35. The van der Waals surface area contributed by atoms with E-state index in [1.54, 1.807) is 18.2 Å². The molecule has 1 aliphatic heterocycles. The lowest BCUT2D eigenvalue weighted by Gasteiger charge is -2.29. The Kier molecular flexibility index (Phi) is 5.05. The molecule has 1 amide bonds. The van der Waals surface area contributed by atoms with Crippen LogP contribution in [0.25, 0.3) is 0 Å². The van der Waals surface area contributed by atoms with Gasteiger partial charge in [-0.2, -0.15) is 0 Å². The molecule has 1 fully saturated rings. The minimum Gasteiger partial charge on any atom is -0.392 e. The van der Waals surface area contributed by atoms with E-state index in [2.05, 4.69) is 5.32 Å². The molecule has 2 rings (SSSR count). The molecule has 4 nitrogen and oxygen atoms in total. The normalized spacial score (nSPS) is 20.3. The van der Waals surface area contributed by atoms with Gasteiger partial charge in [-0.25, -0.2) is 0 Å². The third-order valence-corrected chi connectivity index (χ3v) is 3.62. The zero-order chi connectivity index (χ0) is 13.8. The predicted octanol–water partition coefficient (Wildman–Crippen LogP) is 2.39. The molecular formula is C13H16Cl2N2O2. The number of amides is 1. The van der Waals surface area contributed by atoms with Crippen LogP contribution < -0.4 is 5.32 Å². The number of nitrogens with zero attached hydrogens (tertiary/aromatic N) is 1. The van der Waals surface area contributed by atoms with Crippen LogP contribution in [0.3, 0.4) is 0 Å². The van der Waals surface area contributed by atoms with Crippen LogP contribution in [0.15, 0.2) is 18.2 Å². The average Bonchev–Trinajstić information content (AvgIpc) is 2.34. The Labute approximate surface area is 122 Å². The van der Waals surface area contributed by atoms with Gasteiger partial charge >= 0.3 is 0 Å². The van der Waals surface area contributed by atoms with Crippen molar-refractivity contribution < 1.29 is 9.90 Å². The fourth-order valence-electron chi connectivity index (χ4n) is 2.16. The summed E-state index contributed by atoms with van der Waals surface area (Å²) >= 11 is 11.8. The second-order valence-corrected chi connectivity index (χ2v) is 5.55. The van der Waals surface area contributed by atoms with Gasteiger partial charge in [0.2, 0.25) is 5.91 Å². The molecule has 1 atom stereocenters. The molecule has 19 heavy (non-hydrogen) atoms. The van der Waals surface area contributed by atoms with E-state index < -0.39 is 0 Å². The minimum atomic E-state index is -0.337. The second kappa shape index (κ2) is 6.57. The second-order valence-electron chi connectivity index (χ2n) is 4.70. The maximum Gasteiger partial charge on any atom is 0.238 e. The van der Waals surface area contributed by atoms with E-state index in [0.29, 0.717) is 22.3 Å². The van der Waals surface area contributed by atoms with Gasteiger partial charge in [-0.15, -0.1) is 0 Å². The third kappa shape index (κ3) is 4.35. The maximum absolute atomic E-state index is 11.9. The van der Waals surface area contributed by atoms with Crippen LogP contribution in [0.2, 0.25) is 10.0 Å². The van der Waals surface area contributed by atoms with E-state index in [1.165, 1.54) is 0 Å². The Morgan fingerprint density at radius 2 is 2.26 bits per heavy atom. The van der Waals surface area contributed by atoms with Gasteiger partial charge in [0.25, 0.3) is 0 Å². The lowest BCUT2D eigenvalue weighted by atomic mass is 10.1. The molecular weight excluding hydrogens is 287 g/mol. The summed E-state index contributed by atoms with van der Waals surface area (Å²) in [6.45, 7) is 1.62. The van der Waals surface area contributed by atoms with Gasteiger partial charge in [-0.3, -0.25) is 9.69 Å². The molecule has 1 heterocycles. The SMILES string of the molecule is O=C(CN1CCCC(O)C1)Nc1cc(Cl)ccc1Cl. The van der Waals surface area contributed by atoms with E-state index in [0.717, 1.165) is 19.4 Å². The zero-order valence-corrected chi connectivity index (χ0v) is 11.9. The number of likely N-dealkylation sites (tertiary alicyclic amines) is 1. The third-order valence-electron chi connectivity index (χ3n) is 3.05. The van der Waals surface area contributed by atoms with Gasteiger partial charge in [-0.05, 0) is 37.6 Å². The molecule has 104 valence electrons. The Morgan fingerprint density at radius 3 is 3.00 bits per heavy atom. The summed E-state index contributed by atoms with van der Waals surface area (Å²) in [5.41, 5.74) is 0.511. The van der Waals surface area contributed by atoms with E-state index in [9.17, 15) is 9.90 Å². The average molecular weight is 303 g/mol. The van der Waals surface area contributed by atoms with Crippen LogP contribution in [0.4, 0.5) is 5.69 Å². The van der Waals surface area contributed by atoms with Gasteiger partial charge in [0.05, 0.1) is 23.4 Å². The highest BCUT2D eigenvalue weighted by atomic mass is 35.5. The van der Waals surface area contributed by atoms with Crippen molar-refractivity contribution in [3.63, 3.8) is 0 Å². The van der Waals surface area contributed by atoms with Gasteiger partial charge in [0, 0.05) is 11.6 Å². The molecule has 0 saturated carbocycles. The first-order chi connectivity index (χ1) is 9.04. The Morgan fingerprint density at radius 1 is 1.47 bits per heavy atom. The van der Waals surface area contributed by atoms with Gasteiger partial charge in [0.15, 0.2) is 0 Å². The van der Waals surface area contributed by atoms with Gasteiger partial charge in [0.1, 0.15) is 0 Å². The van der Waals surface area contributed by atoms with Crippen molar-refractivity contribution in [3.8, 4) is 0 Å². The number of rotatable bonds is 3. The van der Waals surface area contributed by atoms with Crippen molar-refractivity contribution in [2.75, 3.05) is 25.0 Å². The molecule has 0 spiro atoms. The number of carbonyl (C=O) groups is 1. The Balaban J connectivity index is 1.92. The van der Waals surface area contributed by atoms with Crippen molar-refractivity contribution in [3.05, 3.63) is 28.2 Å². The number of nitrogens with one attached hydrogen (secondary N) is 1. The molecule has 1 aromatic carbocycles. The summed E-state index contributed by atoms with van der Waals surface area (Å²) in [6, 6.07) is 4.93. The number of hydrogen-bond acceptors (Lipinski definition) is 3. The van der Waals surface area contributed by atoms with Gasteiger partial charge < -0.3 is 10.4 Å². The van der Waals surface area contributed by atoms with Crippen molar-refractivity contribution in [1.82, 2.24) is 4.90 Å². The summed E-state index contributed by atoms with van der Waals surface area (Å²) in [4.78, 5) is 13.8. The number of piperidine rings is 1. The minimum absolute atomic E-state index is 0.154. The highest BCUT2D eigenvalue weighted by Crippen LogP contribution is 2.25. The van der Waals surface area contributed by atoms with Crippen molar-refractivity contribution >= 4 is 34.8 Å². The molecule has 1 saturated heterocycles. The first kappa shape index (κ1) is 14.6. The first-order valence-corrected chi connectivity index (χ1v) is 6.95. The van der Waals surface area contributed by atoms with Crippen LogP contribution in [0.5, 0.6) is 0 Å². The molecule has 1 aromatic rings. The lowest BCUT2D eigenvalue weighted by molar-refractivity contribution is -0.118. The smallest absolute Gasteiger partial charge is 0.238 e. The van der Waals surface area contributed by atoms with E-state index in [-0.39, 0.29) is 18.6 Å². The maximum atomic E-state index is 11.9. The number of hydrogen-bond donors (Lipinski definition) is 2. The van der Waals surface area contributed by atoms with Crippen LogP contribution in [-0.2, 0) is 4.79 Å².